The van der Waals surface area contributed by atoms with Crippen LogP contribution in [-0.4, -0.2) is 10.5 Å². The third-order valence-electron chi connectivity index (χ3n) is 2.11. The third kappa shape index (κ3) is 1.97. The largest absolute Gasteiger partial charge is 0.381 e. The Hall–Kier alpha value is -0.710. The molecule has 5 heteroatoms. The molecule has 0 bridgehead atoms. The fourth-order valence-electron chi connectivity index (χ4n) is 1.41. The van der Waals surface area contributed by atoms with Crippen molar-refractivity contribution in [3.63, 3.8) is 0 Å². The van der Waals surface area contributed by atoms with Gasteiger partial charge in [0.05, 0.1) is 0 Å². The van der Waals surface area contributed by atoms with E-state index in [0.29, 0.717) is 4.70 Å². The van der Waals surface area contributed by atoms with E-state index in [1.54, 1.807) is 17.5 Å². The van der Waals surface area contributed by atoms with Crippen LogP contribution in [0.3, 0.4) is 0 Å². The lowest BCUT2D eigenvalue weighted by atomic mass is 10.1. The van der Waals surface area contributed by atoms with E-state index in [1.165, 1.54) is 17.4 Å². The molecule has 0 aliphatic carbocycles. The van der Waals surface area contributed by atoms with Gasteiger partial charge in [0.25, 0.3) is 0 Å². The zero-order chi connectivity index (χ0) is 11.1. The summed E-state index contributed by atoms with van der Waals surface area (Å²) in [4.78, 5) is 0. The molecule has 1 atom stereocenters. The quantitative estimate of drug-likeness (QED) is 0.803. The maximum Gasteiger partial charge on any atom is 0.351 e. The number of benzene rings is 1. The molecule has 1 aromatic carbocycles. The van der Waals surface area contributed by atoms with Crippen molar-refractivity contribution in [1.82, 2.24) is 0 Å². The van der Waals surface area contributed by atoms with Crippen molar-refractivity contribution in [2.75, 3.05) is 0 Å². The molecule has 1 nitrogen and oxygen atoms in total. The summed E-state index contributed by atoms with van der Waals surface area (Å²) in [6, 6.07) is 6.69. The van der Waals surface area contributed by atoms with Crippen molar-refractivity contribution < 1.29 is 13.9 Å². The van der Waals surface area contributed by atoms with Gasteiger partial charge in [0.1, 0.15) is 0 Å². The monoisotopic (exact) mass is 248 g/mol. The highest BCUT2D eigenvalue weighted by molar-refractivity contribution is 7.17. The molecule has 1 N–H and O–H groups in total. The summed E-state index contributed by atoms with van der Waals surface area (Å²) >= 11 is 6.11. The maximum absolute atomic E-state index is 12.8. The molecular weight excluding hydrogens is 242 g/mol. The topological polar surface area (TPSA) is 20.2 Å². The second kappa shape index (κ2) is 3.70. The zero-order valence-electron chi connectivity index (χ0n) is 7.45. The summed E-state index contributed by atoms with van der Waals surface area (Å²) in [7, 11) is 0. The van der Waals surface area contributed by atoms with E-state index in [2.05, 4.69) is 0 Å². The molecule has 2 rings (SSSR count). The van der Waals surface area contributed by atoms with Gasteiger partial charge < -0.3 is 5.11 Å². The Morgan fingerprint density at radius 3 is 2.73 bits per heavy atom. The van der Waals surface area contributed by atoms with Crippen LogP contribution < -0.4 is 0 Å². The SMILES string of the molecule is OC(c1cccc2ccsc12)C(F)(F)Cl. The van der Waals surface area contributed by atoms with Gasteiger partial charge in [0.2, 0.25) is 0 Å². The second-order valence-corrected chi connectivity index (χ2v) is 4.55. The van der Waals surface area contributed by atoms with Crippen molar-refractivity contribution >= 4 is 33.0 Å². The number of aliphatic hydroxyl groups is 1. The highest BCUT2D eigenvalue weighted by atomic mass is 35.5. The Morgan fingerprint density at radius 2 is 2.07 bits per heavy atom. The molecule has 0 amide bonds. The van der Waals surface area contributed by atoms with Gasteiger partial charge in [-0.25, -0.2) is 0 Å². The van der Waals surface area contributed by atoms with Crippen LogP contribution in [0.25, 0.3) is 10.1 Å². The van der Waals surface area contributed by atoms with Crippen LogP contribution in [-0.2, 0) is 0 Å². The molecule has 0 fully saturated rings. The normalized spacial score (nSPS) is 14.4. The van der Waals surface area contributed by atoms with Gasteiger partial charge in [0, 0.05) is 10.3 Å². The van der Waals surface area contributed by atoms with Crippen molar-refractivity contribution in [1.29, 1.82) is 0 Å². The van der Waals surface area contributed by atoms with Gasteiger partial charge in [-0.2, -0.15) is 8.78 Å². The van der Waals surface area contributed by atoms with Gasteiger partial charge in [-0.05, 0) is 28.4 Å². The molecule has 1 aromatic heterocycles. The van der Waals surface area contributed by atoms with Crippen LogP contribution in [0, 0.1) is 0 Å². The van der Waals surface area contributed by atoms with Crippen LogP contribution in [0.4, 0.5) is 8.78 Å². The Balaban J connectivity index is 2.56. The molecule has 1 unspecified atom stereocenters. The molecule has 15 heavy (non-hydrogen) atoms. The lowest BCUT2D eigenvalue weighted by Gasteiger charge is -2.16. The minimum Gasteiger partial charge on any atom is -0.381 e. The van der Waals surface area contributed by atoms with E-state index in [4.69, 9.17) is 11.6 Å². The Bertz CT molecular complexity index is 477. The van der Waals surface area contributed by atoms with Gasteiger partial charge in [-0.3, -0.25) is 0 Å². The molecule has 0 saturated carbocycles. The van der Waals surface area contributed by atoms with Crippen molar-refractivity contribution in [2.24, 2.45) is 0 Å². The molecule has 0 radical (unpaired) electrons. The fraction of sp³-hybridized carbons (Fsp3) is 0.200. The van der Waals surface area contributed by atoms with E-state index < -0.39 is 11.5 Å². The number of aliphatic hydroxyl groups excluding tert-OH is 1. The van der Waals surface area contributed by atoms with E-state index in [-0.39, 0.29) is 5.56 Å². The third-order valence-corrected chi connectivity index (χ3v) is 3.30. The molecule has 80 valence electrons. The molecule has 0 saturated heterocycles. The standard InChI is InChI=1S/C10H7ClF2OS/c11-10(12,13)9(14)7-3-1-2-6-4-5-15-8(6)7/h1-5,9,14H. The molecular formula is C10H7ClF2OS. The number of fused-ring (bicyclic) bond motifs is 1. The molecule has 1 heterocycles. The van der Waals surface area contributed by atoms with Crippen LogP contribution in [0.5, 0.6) is 0 Å². The summed E-state index contributed by atoms with van der Waals surface area (Å²) in [5.41, 5.74) is 0.169. The van der Waals surface area contributed by atoms with Gasteiger partial charge in [-0.15, -0.1) is 11.3 Å². The van der Waals surface area contributed by atoms with Crippen LogP contribution in [0.15, 0.2) is 29.6 Å². The number of hydrogen-bond donors (Lipinski definition) is 1. The van der Waals surface area contributed by atoms with E-state index in [0.717, 1.165) is 5.39 Å². The first-order valence-electron chi connectivity index (χ1n) is 4.21. The molecule has 0 aliphatic rings. The Labute approximate surface area is 93.9 Å². The first-order chi connectivity index (χ1) is 7.00. The summed E-state index contributed by atoms with van der Waals surface area (Å²) in [6.07, 6.45) is -1.97. The smallest absolute Gasteiger partial charge is 0.351 e. The highest BCUT2D eigenvalue weighted by Gasteiger charge is 2.37. The molecule has 2 aromatic rings. The lowest BCUT2D eigenvalue weighted by molar-refractivity contribution is -0.0416. The van der Waals surface area contributed by atoms with E-state index in [9.17, 15) is 13.9 Å². The lowest BCUT2D eigenvalue weighted by Crippen LogP contribution is -2.18. The fourth-order valence-corrected chi connectivity index (χ4v) is 2.46. The van der Waals surface area contributed by atoms with Crippen molar-refractivity contribution in [3.8, 4) is 0 Å². The number of thiophene rings is 1. The van der Waals surface area contributed by atoms with Crippen molar-refractivity contribution in [2.45, 2.75) is 11.5 Å². The number of alkyl halides is 3. The predicted octanol–water partition coefficient (Wildman–Crippen LogP) is 3.77. The molecule has 0 aliphatic heterocycles. The van der Waals surface area contributed by atoms with E-state index >= 15 is 0 Å². The summed E-state index contributed by atoms with van der Waals surface area (Å²) in [5, 5.41) is 8.37. The summed E-state index contributed by atoms with van der Waals surface area (Å²) in [5.74, 6) is 0. The van der Waals surface area contributed by atoms with E-state index in [1.807, 2.05) is 6.07 Å². The number of rotatable bonds is 2. The summed E-state index contributed by atoms with van der Waals surface area (Å²) < 4.78 is 26.2. The maximum atomic E-state index is 12.8. The first-order valence-corrected chi connectivity index (χ1v) is 5.47. The zero-order valence-corrected chi connectivity index (χ0v) is 9.03. The Morgan fingerprint density at radius 1 is 1.33 bits per heavy atom. The minimum atomic E-state index is -3.64. The average molecular weight is 249 g/mol. The Kier molecular flexibility index (Phi) is 2.66. The van der Waals surface area contributed by atoms with Crippen LogP contribution in [0.2, 0.25) is 0 Å². The van der Waals surface area contributed by atoms with Gasteiger partial charge >= 0.3 is 5.38 Å². The van der Waals surface area contributed by atoms with Gasteiger partial charge in [-0.1, -0.05) is 18.2 Å². The van der Waals surface area contributed by atoms with Crippen LogP contribution in [0.1, 0.15) is 11.7 Å². The first kappa shape index (κ1) is 10.8. The second-order valence-electron chi connectivity index (χ2n) is 3.13. The van der Waals surface area contributed by atoms with Crippen LogP contribution >= 0.6 is 22.9 Å². The number of hydrogen-bond acceptors (Lipinski definition) is 2. The minimum absolute atomic E-state index is 0.169. The average Bonchev–Trinajstić information content (AvgIpc) is 2.62. The van der Waals surface area contributed by atoms with Crippen molar-refractivity contribution in [3.05, 3.63) is 35.2 Å². The number of halogens is 3. The molecule has 0 spiro atoms. The van der Waals surface area contributed by atoms with Gasteiger partial charge in [0.15, 0.2) is 6.10 Å². The predicted molar refractivity (Wildman–Crippen MR) is 57.6 cm³/mol. The highest BCUT2D eigenvalue weighted by Crippen LogP contribution is 2.39. The summed E-state index contributed by atoms with van der Waals surface area (Å²) in [6.45, 7) is 0.